The molecule has 2 aliphatic rings. The molecule has 0 spiro atoms. The summed E-state index contributed by atoms with van der Waals surface area (Å²) in [7, 11) is 1.70. The molecule has 0 saturated carbocycles. The van der Waals surface area contributed by atoms with Crippen LogP contribution in [0.1, 0.15) is 38.0 Å². The van der Waals surface area contributed by atoms with Gasteiger partial charge in [0.05, 0.1) is 18.8 Å². The van der Waals surface area contributed by atoms with Crippen molar-refractivity contribution < 1.29 is 28.8 Å². The van der Waals surface area contributed by atoms with E-state index in [4.69, 9.17) is 19.2 Å². The molecular formula is C20H28N6O6. The Labute approximate surface area is 185 Å². The number of aromatic amines is 1. The number of fused-ring (bicyclic) bond motifs is 1. The Balaban J connectivity index is 0.000000913. The summed E-state index contributed by atoms with van der Waals surface area (Å²) in [6.07, 6.45) is 0.587. The van der Waals surface area contributed by atoms with Gasteiger partial charge in [-0.2, -0.15) is 5.10 Å². The summed E-state index contributed by atoms with van der Waals surface area (Å²) >= 11 is 0. The molecule has 4 rings (SSSR count). The van der Waals surface area contributed by atoms with E-state index in [9.17, 15) is 9.59 Å². The zero-order valence-corrected chi connectivity index (χ0v) is 18.2. The number of amides is 2. The van der Waals surface area contributed by atoms with Gasteiger partial charge in [-0.15, -0.1) is 0 Å². The second kappa shape index (κ2) is 10.9. The molecule has 2 aromatic rings. The number of H-pyrrole nitrogens is 1. The van der Waals surface area contributed by atoms with Crippen LogP contribution >= 0.6 is 0 Å². The summed E-state index contributed by atoms with van der Waals surface area (Å²) in [4.78, 5) is 39.8. The van der Waals surface area contributed by atoms with Gasteiger partial charge in [-0.25, -0.2) is 0 Å². The molecule has 0 atom stereocenters. The number of hydrogen-bond acceptors (Lipinski definition) is 8. The van der Waals surface area contributed by atoms with Gasteiger partial charge in [-0.3, -0.25) is 24.4 Å². The molecule has 32 heavy (non-hydrogen) atoms. The van der Waals surface area contributed by atoms with E-state index in [1.165, 1.54) is 0 Å². The lowest BCUT2D eigenvalue weighted by atomic mass is 10.0. The molecule has 12 nitrogen and oxygen atoms in total. The van der Waals surface area contributed by atoms with Crippen molar-refractivity contribution in [2.75, 3.05) is 53.0 Å². The Hall–Kier alpha value is -3.25. The fourth-order valence-electron chi connectivity index (χ4n) is 3.84. The van der Waals surface area contributed by atoms with Gasteiger partial charge < -0.3 is 24.2 Å². The molecule has 1 fully saturated rings. The van der Waals surface area contributed by atoms with Gasteiger partial charge in [0.1, 0.15) is 5.76 Å². The molecule has 174 valence electrons. The maximum atomic E-state index is 13.0. The van der Waals surface area contributed by atoms with Gasteiger partial charge in [-0.1, -0.05) is 5.16 Å². The van der Waals surface area contributed by atoms with E-state index in [0.29, 0.717) is 56.4 Å². The monoisotopic (exact) mass is 448 g/mol. The van der Waals surface area contributed by atoms with E-state index < -0.39 is 0 Å². The summed E-state index contributed by atoms with van der Waals surface area (Å²) in [5.41, 5.74) is 2.51. The van der Waals surface area contributed by atoms with Gasteiger partial charge in [-0.05, 0) is 13.3 Å². The Morgan fingerprint density at radius 1 is 1.22 bits per heavy atom. The normalized spacial score (nSPS) is 16.2. The first-order valence-electron chi connectivity index (χ1n) is 10.4. The molecule has 0 bridgehead atoms. The van der Waals surface area contributed by atoms with E-state index >= 15 is 0 Å². The molecule has 12 heteroatoms. The molecule has 2 aliphatic heterocycles. The van der Waals surface area contributed by atoms with Crippen molar-refractivity contribution in [1.29, 1.82) is 0 Å². The highest BCUT2D eigenvalue weighted by atomic mass is 16.5. The zero-order chi connectivity index (χ0) is 23.1. The average molecular weight is 448 g/mol. The highest BCUT2D eigenvalue weighted by Gasteiger charge is 2.31. The summed E-state index contributed by atoms with van der Waals surface area (Å²) in [6.45, 7) is 7.01. The molecule has 1 saturated heterocycles. The third kappa shape index (κ3) is 5.32. The van der Waals surface area contributed by atoms with Crippen LogP contribution in [0.25, 0.3) is 0 Å². The number of carbonyl (C=O) groups is 3. The van der Waals surface area contributed by atoms with Crippen LogP contribution in [0.2, 0.25) is 0 Å². The number of carboxylic acid groups (broad SMARTS) is 1. The number of nitrogens with zero attached hydrogens (tertiary/aromatic N) is 5. The number of carbonyl (C=O) groups excluding carboxylic acids is 2. The zero-order valence-electron chi connectivity index (χ0n) is 18.2. The minimum Gasteiger partial charge on any atom is -0.483 e. The first kappa shape index (κ1) is 23.4. The Morgan fingerprint density at radius 3 is 2.56 bits per heavy atom. The van der Waals surface area contributed by atoms with E-state index in [1.54, 1.807) is 25.0 Å². The Morgan fingerprint density at radius 2 is 1.94 bits per heavy atom. The summed E-state index contributed by atoms with van der Waals surface area (Å²) in [6, 6.07) is 1.63. The number of aromatic nitrogens is 3. The first-order chi connectivity index (χ1) is 15.5. The summed E-state index contributed by atoms with van der Waals surface area (Å²) < 4.78 is 10.1. The van der Waals surface area contributed by atoms with Crippen LogP contribution in [-0.2, 0) is 22.5 Å². The minimum atomic E-state index is -0.250. The van der Waals surface area contributed by atoms with Crippen LogP contribution in [0.5, 0.6) is 0 Å². The van der Waals surface area contributed by atoms with Gasteiger partial charge in [0.15, 0.2) is 11.4 Å². The molecule has 2 amide bonds. The standard InChI is InChI=1S/C19H26N6O4.CH2O2/c1-13-11-15(22-29-13)18(26)25-4-3-14-16(12-25)20-21-17(14)19(27)24-7-5-23(6-8-24)9-10-28-2;2-1-3/h11H,3-10,12H2,1-2H3,(H,20,21);1H,(H,2,3). The fraction of sp³-hybridized carbons (Fsp3) is 0.550. The summed E-state index contributed by atoms with van der Waals surface area (Å²) in [5, 5.41) is 17.9. The molecule has 0 aliphatic carbocycles. The molecule has 4 heterocycles. The van der Waals surface area contributed by atoms with Crippen molar-refractivity contribution in [3.8, 4) is 0 Å². The predicted molar refractivity (Wildman–Crippen MR) is 111 cm³/mol. The fourth-order valence-corrected chi connectivity index (χ4v) is 3.84. The second-order valence-electron chi connectivity index (χ2n) is 7.56. The lowest BCUT2D eigenvalue weighted by Crippen LogP contribution is -2.49. The van der Waals surface area contributed by atoms with Crippen LogP contribution in [0.15, 0.2) is 10.6 Å². The lowest BCUT2D eigenvalue weighted by molar-refractivity contribution is -0.122. The van der Waals surface area contributed by atoms with Crippen LogP contribution < -0.4 is 0 Å². The lowest BCUT2D eigenvalue weighted by Gasteiger charge is -2.34. The van der Waals surface area contributed by atoms with Crippen LogP contribution in [-0.4, -0.2) is 106 Å². The minimum absolute atomic E-state index is 0.0409. The van der Waals surface area contributed by atoms with Gasteiger partial charge in [0, 0.05) is 58.0 Å². The van der Waals surface area contributed by atoms with Crippen LogP contribution in [0, 0.1) is 6.92 Å². The maximum absolute atomic E-state index is 13.0. The van der Waals surface area contributed by atoms with Gasteiger partial charge in [0.25, 0.3) is 18.3 Å². The van der Waals surface area contributed by atoms with Crippen LogP contribution in [0.3, 0.4) is 0 Å². The number of aryl methyl sites for hydroxylation is 1. The molecule has 0 aromatic carbocycles. The smallest absolute Gasteiger partial charge is 0.290 e. The van der Waals surface area contributed by atoms with Crippen molar-refractivity contribution in [1.82, 2.24) is 30.1 Å². The molecule has 2 aromatic heterocycles. The van der Waals surface area contributed by atoms with E-state index in [2.05, 4.69) is 20.3 Å². The average Bonchev–Trinajstić information content (AvgIpc) is 3.43. The van der Waals surface area contributed by atoms with E-state index in [0.717, 1.165) is 30.9 Å². The Bertz CT molecular complexity index is 933. The number of ether oxygens (including phenoxy) is 1. The second-order valence-corrected chi connectivity index (χ2v) is 7.56. The van der Waals surface area contributed by atoms with E-state index in [-0.39, 0.29) is 18.3 Å². The third-order valence-corrected chi connectivity index (χ3v) is 5.54. The number of nitrogens with one attached hydrogen (secondary N) is 1. The number of rotatable bonds is 5. The van der Waals surface area contributed by atoms with Crippen molar-refractivity contribution >= 4 is 18.3 Å². The van der Waals surface area contributed by atoms with Crippen LogP contribution in [0.4, 0.5) is 0 Å². The first-order valence-corrected chi connectivity index (χ1v) is 10.4. The largest absolute Gasteiger partial charge is 0.483 e. The SMILES string of the molecule is COCCN1CCN(C(=O)c2n[nH]c3c2CCN(C(=O)c2cc(C)on2)C3)CC1.O=CO. The quantitative estimate of drug-likeness (QED) is 0.604. The molecule has 0 radical (unpaired) electrons. The molecule has 0 unspecified atom stereocenters. The molecular weight excluding hydrogens is 420 g/mol. The highest BCUT2D eigenvalue weighted by Crippen LogP contribution is 2.23. The number of hydrogen-bond donors (Lipinski definition) is 2. The van der Waals surface area contributed by atoms with Gasteiger partial charge >= 0.3 is 0 Å². The number of methoxy groups -OCH3 is 1. The Kier molecular flexibility index (Phi) is 7.95. The molecule has 2 N–H and O–H groups in total. The predicted octanol–water partition coefficient (Wildman–Crippen LogP) is 0.00962. The summed E-state index contributed by atoms with van der Waals surface area (Å²) in [5.74, 6) is 0.380. The van der Waals surface area contributed by atoms with E-state index in [1.807, 2.05) is 4.90 Å². The third-order valence-electron chi connectivity index (χ3n) is 5.54. The van der Waals surface area contributed by atoms with Crippen molar-refractivity contribution in [2.45, 2.75) is 19.9 Å². The van der Waals surface area contributed by atoms with Gasteiger partial charge in [0.2, 0.25) is 0 Å². The topological polar surface area (TPSA) is 145 Å². The number of piperazine rings is 1. The highest BCUT2D eigenvalue weighted by molar-refractivity contribution is 5.95. The van der Waals surface area contributed by atoms with Crippen molar-refractivity contribution in [2.24, 2.45) is 0 Å². The maximum Gasteiger partial charge on any atom is 0.290 e. The van der Waals surface area contributed by atoms with Crippen molar-refractivity contribution in [3.63, 3.8) is 0 Å². The van der Waals surface area contributed by atoms with Crippen molar-refractivity contribution in [3.05, 3.63) is 34.5 Å².